The van der Waals surface area contributed by atoms with Gasteiger partial charge in [-0.05, 0) is 49.4 Å². The third-order valence-electron chi connectivity index (χ3n) is 6.88. The van der Waals surface area contributed by atoms with Crippen molar-refractivity contribution in [3.8, 4) is 0 Å². The lowest BCUT2D eigenvalue weighted by atomic mass is 9.82. The van der Waals surface area contributed by atoms with E-state index in [0.717, 1.165) is 38.3 Å². The van der Waals surface area contributed by atoms with Gasteiger partial charge in [0.2, 0.25) is 11.8 Å². The van der Waals surface area contributed by atoms with E-state index in [0.29, 0.717) is 6.67 Å². The van der Waals surface area contributed by atoms with Gasteiger partial charge in [-0.1, -0.05) is 11.6 Å². The molecule has 2 bridgehead atoms. The fourth-order valence-corrected chi connectivity index (χ4v) is 5.47. The number of fused-ring (bicyclic) bond motifs is 5. The number of anilines is 1. The largest absolute Gasteiger partial charge is 0.369 e. The molecule has 3 fully saturated rings. The molecule has 4 atom stereocenters. The summed E-state index contributed by atoms with van der Waals surface area (Å²) in [5.74, 6) is 0.133. The first-order valence-corrected chi connectivity index (χ1v) is 9.79. The summed E-state index contributed by atoms with van der Waals surface area (Å²) >= 11 is 0. The van der Waals surface area contributed by atoms with E-state index in [-0.39, 0.29) is 41.3 Å². The van der Waals surface area contributed by atoms with Crippen molar-refractivity contribution >= 4 is 17.5 Å². The number of piperazine rings is 1. The normalized spacial score (nSPS) is 33.0. The van der Waals surface area contributed by atoms with Crippen molar-refractivity contribution in [3.05, 3.63) is 41.7 Å². The average molecular weight is 369 g/mol. The molecule has 2 saturated heterocycles. The lowest BCUT2D eigenvalue weighted by Gasteiger charge is -2.37. The molecule has 0 spiro atoms. The van der Waals surface area contributed by atoms with Crippen LogP contribution < -0.4 is 4.90 Å². The quantitative estimate of drug-likeness (QED) is 0.605. The maximum Gasteiger partial charge on any atom is 0.234 e. The fraction of sp³-hybridized carbons (Fsp3) is 0.524. The highest BCUT2D eigenvalue weighted by molar-refractivity contribution is 6.06. The number of hydrogen-bond acceptors (Lipinski definition) is 4. The van der Waals surface area contributed by atoms with E-state index < -0.39 is 0 Å². The number of rotatable bonds is 3. The van der Waals surface area contributed by atoms with E-state index in [1.54, 1.807) is 12.1 Å². The van der Waals surface area contributed by atoms with E-state index in [1.165, 1.54) is 22.6 Å². The zero-order valence-corrected chi connectivity index (χ0v) is 15.5. The van der Waals surface area contributed by atoms with Gasteiger partial charge in [0.05, 0.1) is 18.5 Å². The molecule has 6 heteroatoms. The van der Waals surface area contributed by atoms with Gasteiger partial charge in [0.1, 0.15) is 5.82 Å². The van der Waals surface area contributed by atoms with E-state index in [9.17, 15) is 14.0 Å². The van der Waals surface area contributed by atoms with E-state index in [2.05, 4.69) is 22.8 Å². The summed E-state index contributed by atoms with van der Waals surface area (Å²) in [5, 5.41) is 0. The molecule has 4 aliphatic rings. The number of benzene rings is 1. The van der Waals surface area contributed by atoms with Crippen molar-refractivity contribution in [2.75, 3.05) is 37.7 Å². The molecule has 5 nitrogen and oxygen atoms in total. The van der Waals surface area contributed by atoms with Crippen LogP contribution in [0.2, 0.25) is 0 Å². The van der Waals surface area contributed by atoms with Crippen LogP contribution in [-0.2, 0) is 9.59 Å². The molecular formula is C21H24FN3O2. The van der Waals surface area contributed by atoms with Crippen LogP contribution in [0.25, 0.3) is 0 Å². The summed E-state index contributed by atoms with van der Waals surface area (Å²) in [6, 6.07) is 6.55. The number of nitrogens with zero attached hydrogens (tertiary/aromatic N) is 3. The molecule has 2 aliphatic carbocycles. The number of likely N-dealkylation sites (tertiary alicyclic amines) is 1. The van der Waals surface area contributed by atoms with Gasteiger partial charge in [-0.3, -0.25) is 19.4 Å². The van der Waals surface area contributed by atoms with E-state index >= 15 is 0 Å². The summed E-state index contributed by atoms with van der Waals surface area (Å²) in [6.45, 7) is 5.68. The van der Waals surface area contributed by atoms with Gasteiger partial charge in [-0.25, -0.2) is 4.39 Å². The molecule has 0 aromatic heterocycles. The molecule has 2 aliphatic heterocycles. The van der Waals surface area contributed by atoms with Crippen LogP contribution in [0, 0.1) is 29.5 Å². The first-order valence-electron chi connectivity index (χ1n) is 9.79. The van der Waals surface area contributed by atoms with Crippen molar-refractivity contribution in [2.24, 2.45) is 23.7 Å². The van der Waals surface area contributed by atoms with Crippen molar-refractivity contribution < 1.29 is 14.0 Å². The standard InChI is InChI=1S/C21H24FN3O2/c1-13-10-14-11-17(13)19-18(14)20(26)25(21(19)27)12-23-6-8-24(9-7-23)16-4-2-15(22)3-5-16/h2-5,10,14,17-19H,6-9,11-12H2,1H3/t14-,17+,18-,19-/m1/s1. The number of halogens is 1. The molecule has 2 amide bonds. The van der Waals surface area contributed by atoms with Crippen molar-refractivity contribution in [1.29, 1.82) is 0 Å². The zero-order chi connectivity index (χ0) is 18.7. The number of hydrogen-bond donors (Lipinski definition) is 0. The highest BCUT2D eigenvalue weighted by atomic mass is 19.1. The van der Waals surface area contributed by atoms with Crippen LogP contribution in [-0.4, -0.2) is 54.5 Å². The average Bonchev–Trinajstić information content (AvgIpc) is 3.30. The molecule has 0 radical (unpaired) electrons. The molecular weight excluding hydrogens is 345 g/mol. The van der Waals surface area contributed by atoms with Gasteiger partial charge in [-0.15, -0.1) is 0 Å². The topological polar surface area (TPSA) is 43.9 Å². The van der Waals surface area contributed by atoms with Gasteiger partial charge >= 0.3 is 0 Å². The SMILES string of the molecule is CC1=C[C@@H]2C[C@@H]1[C@H]1C(=O)N(CN3CCN(c4ccc(F)cc4)CC3)C(=O)[C@@H]12. The minimum absolute atomic E-state index is 0.0298. The van der Waals surface area contributed by atoms with Crippen LogP contribution in [0.15, 0.2) is 35.9 Å². The third kappa shape index (κ3) is 2.61. The number of imide groups is 1. The van der Waals surface area contributed by atoms with Gasteiger partial charge in [0.15, 0.2) is 0 Å². The van der Waals surface area contributed by atoms with Crippen molar-refractivity contribution in [1.82, 2.24) is 9.80 Å². The third-order valence-corrected chi connectivity index (χ3v) is 6.88. The maximum absolute atomic E-state index is 13.1. The minimum Gasteiger partial charge on any atom is -0.369 e. The lowest BCUT2D eigenvalue weighted by molar-refractivity contribution is -0.143. The number of amides is 2. The highest BCUT2D eigenvalue weighted by Gasteiger charge is 2.60. The second-order valence-electron chi connectivity index (χ2n) is 8.30. The van der Waals surface area contributed by atoms with Gasteiger partial charge in [-0.2, -0.15) is 0 Å². The molecule has 5 rings (SSSR count). The summed E-state index contributed by atoms with van der Waals surface area (Å²) < 4.78 is 13.1. The number of carbonyl (C=O) groups is 2. The first-order chi connectivity index (χ1) is 13.0. The molecule has 0 N–H and O–H groups in total. The zero-order valence-electron chi connectivity index (χ0n) is 15.5. The second kappa shape index (κ2) is 6.16. The fourth-order valence-electron chi connectivity index (χ4n) is 5.47. The van der Waals surface area contributed by atoms with Crippen molar-refractivity contribution in [2.45, 2.75) is 13.3 Å². The molecule has 0 unspecified atom stereocenters. The Morgan fingerprint density at radius 2 is 1.67 bits per heavy atom. The number of carbonyl (C=O) groups excluding carboxylic acids is 2. The van der Waals surface area contributed by atoms with Crippen LogP contribution in [0.3, 0.4) is 0 Å². The molecule has 1 aromatic rings. The van der Waals surface area contributed by atoms with Crippen LogP contribution in [0.1, 0.15) is 13.3 Å². The van der Waals surface area contributed by atoms with Gasteiger partial charge in [0, 0.05) is 31.9 Å². The summed E-state index contributed by atoms with van der Waals surface area (Å²) in [5.41, 5.74) is 2.30. The van der Waals surface area contributed by atoms with Crippen LogP contribution in [0.5, 0.6) is 0 Å². The predicted molar refractivity (Wildman–Crippen MR) is 99.2 cm³/mol. The molecule has 1 aromatic carbocycles. The van der Waals surface area contributed by atoms with E-state index in [1.807, 2.05) is 0 Å². The Morgan fingerprint density at radius 3 is 2.37 bits per heavy atom. The Kier molecular flexibility index (Phi) is 3.86. The monoisotopic (exact) mass is 369 g/mol. The Morgan fingerprint density at radius 1 is 1.00 bits per heavy atom. The number of allylic oxidation sites excluding steroid dienone is 2. The first kappa shape index (κ1) is 16.9. The van der Waals surface area contributed by atoms with E-state index in [4.69, 9.17) is 0 Å². The van der Waals surface area contributed by atoms with Crippen LogP contribution in [0.4, 0.5) is 10.1 Å². The molecule has 2 heterocycles. The summed E-state index contributed by atoms with van der Waals surface area (Å²) in [7, 11) is 0. The van der Waals surface area contributed by atoms with Gasteiger partial charge < -0.3 is 4.90 Å². The summed E-state index contributed by atoms with van der Waals surface area (Å²) in [4.78, 5) is 31.7. The minimum atomic E-state index is -0.229. The molecule has 27 heavy (non-hydrogen) atoms. The van der Waals surface area contributed by atoms with Crippen molar-refractivity contribution in [3.63, 3.8) is 0 Å². The Hall–Kier alpha value is -2.21. The lowest BCUT2D eigenvalue weighted by Crippen LogP contribution is -2.51. The Bertz CT molecular complexity index is 813. The molecule has 1 saturated carbocycles. The maximum atomic E-state index is 13.1. The summed E-state index contributed by atoms with van der Waals surface area (Å²) in [6.07, 6.45) is 3.19. The van der Waals surface area contributed by atoms with Gasteiger partial charge in [0.25, 0.3) is 0 Å². The Balaban J connectivity index is 1.22. The molecule has 142 valence electrons. The van der Waals surface area contributed by atoms with Crippen LogP contribution >= 0.6 is 0 Å². The smallest absolute Gasteiger partial charge is 0.234 e. The highest BCUT2D eigenvalue weighted by Crippen LogP contribution is 2.55. The predicted octanol–water partition coefficient (Wildman–Crippen LogP) is 2.10. The second-order valence-corrected chi connectivity index (χ2v) is 8.30. The Labute approximate surface area is 158 Å².